The smallest absolute Gasteiger partial charge is 0.278 e. The largest absolute Gasteiger partial charge is 0.382 e. The van der Waals surface area contributed by atoms with Gasteiger partial charge in [0.15, 0.2) is 19.4 Å². The molecule has 1 atom stereocenters. The highest BCUT2D eigenvalue weighted by Crippen LogP contribution is 2.30. The lowest BCUT2D eigenvalue weighted by Gasteiger charge is -2.41. The van der Waals surface area contributed by atoms with Crippen LogP contribution in [-0.4, -0.2) is 52.7 Å². The Kier molecular flexibility index (Phi) is 7.94. The van der Waals surface area contributed by atoms with Gasteiger partial charge in [0, 0.05) is 50.2 Å². The van der Waals surface area contributed by atoms with Crippen LogP contribution in [0.2, 0.25) is 0 Å². The molecule has 9 heteroatoms. The fourth-order valence-electron chi connectivity index (χ4n) is 5.02. The highest BCUT2D eigenvalue weighted by Gasteiger charge is 2.27. The van der Waals surface area contributed by atoms with Gasteiger partial charge in [-0.05, 0) is 30.0 Å². The fourth-order valence-corrected chi connectivity index (χ4v) is 5.02. The number of hydrogen-bond acceptors (Lipinski definition) is 7. The Morgan fingerprint density at radius 2 is 1.71 bits per heavy atom. The van der Waals surface area contributed by atoms with Crippen molar-refractivity contribution < 1.29 is 4.79 Å². The van der Waals surface area contributed by atoms with Crippen LogP contribution in [0.3, 0.4) is 0 Å². The van der Waals surface area contributed by atoms with Crippen molar-refractivity contribution in [2.75, 3.05) is 29.0 Å². The van der Waals surface area contributed by atoms with Gasteiger partial charge < -0.3 is 16.0 Å². The number of rotatable bonds is 8. The first-order valence-electron chi connectivity index (χ1n) is 13.0. The number of carbonyl (C=O) groups is 1. The van der Waals surface area contributed by atoms with E-state index in [4.69, 9.17) is 5.73 Å². The molecule has 38 heavy (non-hydrogen) atoms. The molecule has 8 nitrogen and oxygen atoms in total. The average Bonchev–Trinajstić information content (AvgIpc) is 2.95. The van der Waals surface area contributed by atoms with Gasteiger partial charge in [0.05, 0.1) is 17.6 Å². The molecular weight excluding hydrogens is 473 g/mol. The number of nitrogens with two attached hydrogens (primary N) is 1. The van der Waals surface area contributed by atoms with Gasteiger partial charge in [-0.1, -0.05) is 60.7 Å². The van der Waals surface area contributed by atoms with E-state index in [1.54, 1.807) is 26.4 Å². The summed E-state index contributed by atoms with van der Waals surface area (Å²) in [6, 6.07) is 23.6. The lowest BCUT2D eigenvalue weighted by atomic mass is 10.0. The van der Waals surface area contributed by atoms with Gasteiger partial charge in [0.1, 0.15) is 0 Å². The molecule has 1 aliphatic heterocycles. The summed E-state index contributed by atoms with van der Waals surface area (Å²) in [7, 11) is 1.78. The van der Waals surface area contributed by atoms with Crippen LogP contribution in [-0.2, 0) is 13.1 Å². The van der Waals surface area contributed by atoms with E-state index in [0.717, 1.165) is 44.7 Å². The lowest BCUT2D eigenvalue weighted by Crippen LogP contribution is -2.47. The van der Waals surface area contributed by atoms with E-state index in [0.29, 0.717) is 17.3 Å². The molecular formula is C29H32BN7O. The van der Waals surface area contributed by atoms with Gasteiger partial charge >= 0.3 is 0 Å². The van der Waals surface area contributed by atoms with Crippen LogP contribution in [0.4, 0.5) is 17.2 Å². The monoisotopic (exact) mass is 505 g/mol. The Bertz CT molecular complexity index is 1330. The summed E-state index contributed by atoms with van der Waals surface area (Å²) in [4.78, 5) is 30.6. The van der Waals surface area contributed by atoms with Gasteiger partial charge in [-0.2, -0.15) is 0 Å². The van der Waals surface area contributed by atoms with E-state index >= 15 is 0 Å². The Morgan fingerprint density at radius 3 is 2.39 bits per heavy atom. The molecule has 1 amide bonds. The molecule has 0 spiro atoms. The number of pyridine rings is 1. The molecule has 0 radical (unpaired) electrons. The maximum Gasteiger partial charge on any atom is 0.278 e. The number of carbonyl (C=O) groups excluding carboxylic acids is 1. The van der Waals surface area contributed by atoms with Crippen LogP contribution in [0.15, 0.2) is 85.3 Å². The minimum absolute atomic E-state index is 0.106. The van der Waals surface area contributed by atoms with Crippen molar-refractivity contribution in [1.82, 2.24) is 19.9 Å². The van der Waals surface area contributed by atoms with Crippen molar-refractivity contribution in [3.8, 4) is 0 Å². The summed E-state index contributed by atoms with van der Waals surface area (Å²) < 4.78 is 0. The molecule has 0 aliphatic carbocycles. The second kappa shape index (κ2) is 11.9. The van der Waals surface area contributed by atoms with Crippen molar-refractivity contribution >= 4 is 36.5 Å². The summed E-state index contributed by atoms with van der Waals surface area (Å²) in [5, 5.41) is 2.98. The molecule has 2 aromatic heterocycles. The van der Waals surface area contributed by atoms with Crippen molar-refractivity contribution in [3.05, 3.63) is 102 Å². The first-order valence-corrected chi connectivity index (χ1v) is 13.0. The first kappa shape index (κ1) is 25.4. The molecule has 5 rings (SSSR count). The molecule has 1 unspecified atom stereocenters. The Morgan fingerprint density at radius 1 is 1.03 bits per heavy atom. The summed E-state index contributed by atoms with van der Waals surface area (Å²) in [6.45, 7) is 3.50. The fraction of sp³-hybridized carbons (Fsp3) is 0.241. The first-order chi connectivity index (χ1) is 18.6. The molecule has 192 valence electrons. The number of nitrogens with one attached hydrogen (secondary N) is 1. The molecule has 0 bridgehead atoms. The van der Waals surface area contributed by atoms with E-state index in [2.05, 4.69) is 90.7 Å². The number of nitrogens with zero attached hydrogens (tertiary/aromatic N) is 5. The Balaban J connectivity index is 1.37. The predicted octanol–water partition coefficient (Wildman–Crippen LogP) is 2.64. The quantitative estimate of drug-likeness (QED) is 0.355. The standard InChI is InChI=1S/C29H32BN7O/c30-26-17-33-28(31)27(35-26)29(38)34-24-16-32-14-13-25(24)36-15-7-12-23(20-36)37(18-21-8-3-1-4-9-21)19-22-10-5-2-6-11-22/h1-6,8-11,13-14,16-17,23H,7,12,15,18-20,30H2,(H2,31,33)(H,34,38). The summed E-state index contributed by atoms with van der Waals surface area (Å²) in [5.41, 5.74) is 10.9. The second-order valence-electron chi connectivity index (χ2n) is 9.71. The number of hydrogen-bond donors (Lipinski definition) is 2. The van der Waals surface area contributed by atoms with Crippen LogP contribution in [0, 0.1) is 0 Å². The summed E-state index contributed by atoms with van der Waals surface area (Å²) in [5.74, 6) is -0.287. The number of nitrogen functional groups attached to an aromatic ring is 1. The number of anilines is 3. The number of benzene rings is 2. The molecule has 2 aromatic carbocycles. The average molecular weight is 505 g/mol. The van der Waals surface area contributed by atoms with Crippen molar-refractivity contribution in [1.29, 1.82) is 0 Å². The van der Waals surface area contributed by atoms with E-state index in [9.17, 15) is 4.79 Å². The highest BCUT2D eigenvalue weighted by molar-refractivity contribution is 6.30. The number of amides is 1. The molecule has 4 aromatic rings. The van der Waals surface area contributed by atoms with Crippen LogP contribution in [0.5, 0.6) is 0 Å². The van der Waals surface area contributed by atoms with E-state index in [-0.39, 0.29) is 11.5 Å². The molecule has 1 aliphatic rings. The zero-order valence-corrected chi connectivity index (χ0v) is 21.6. The van der Waals surface area contributed by atoms with Crippen LogP contribution in [0.25, 0.3) is 0 Å². The minimum Gasteiger partial charge on any atom is -0.382 e. The minimum atomic E-state index is -0.392. The van der Waals surface area contributed by atoms with Gasteiger partial charge in [-0.25, -0.2) is 4.98 Å². The molecule has 1 fully saturated rings. The van der Waals surface area contributed by atoms with Gasteiger partial charge in [-0.3, -0.25) is 19.7 Å². The van der Waals surface area contributed by atoms with Crippen molar-refractivity contribution in [3.63, 3.8) is 0 Å². The molecule has 0 saturated carbocycles. The van der Waals surface area contributed by atoms with E-state index in [1.807, 2.05) is 6.07 Å². The second-order valence-corrected chi connectivity index (χ2v) is 9.71. The maximum absolute atomic E-state index is 13.1. The van der Waals surface area contributed by atoms with Gasteiger partial charge in [0.25, 0.3) is 5.91 Å². The van der Waals surface area contributed by atoms with Crippen molar-refractivity contribution in [2.45, 2.75) is 32.0 Å². The molecule has 3 N–H and O–H groups in total. The number of piperidine rings is 1. The highest BCUT2D eigenvalue weighted by atomic mass is 16.1. The van der Waals surface area contributed by atoms with E-state index in [1.165, 1.54) is 11.1 Å². The van der Waals surface area contributed by atoms with E-state index < -0.39 is 5.91 Å². The third-order valence-electron chi connectivity index (χ3n) is 6.89. The number of aromatic nitrogens is 3. The van der Waals surface area contributed by atoms with Crippen LogP contribution < -0.4 is 21.5 Å². The topological polar surface area (TPSA) is 100 Å². The summed E-state index contributed by atoms with van der Waals surface area (Å²) in [6.07, 6.45) is 7.16. The molecule has 3 heterocycles. The maximum atomic E-state index is 13.1. The zero-order chi connectivity index (χ0) is 26.3. The van der Waals surface area contributed by atoms with Crippen molar-refractivity contribution in [2.24, 2.45) is 0 Å². The zero-order valence-electron chi connectivity index (χ0n) is 21.6. The van der Waals surface area contributed by atoms with Crippen LogP contribution >= 0.6 is 0 Å². The Hall–Kier alpha value is -4.24. The van der Waals surface area contributed by atoms with Gasteiger partial charge in [-0.15, -0.1) is 0 Å². The normalized spacial score (nSPS) is 15.4. The lowest BCUT2D eigenvalue weighted by molar-refractivity contribution is 0.102. The SMILES string of the molecule is Bc1cnc(N)c(C(=O)Nc2cnccc2N2CCCC(N(Cc3ccccc3)Cc3ccccc3)C2)n1. The summed E-state index contributed by atoms with van der Waals surface area (Å²) >= 11 is 0. The van der Waals surface area contributed by atoms with Crippen LogP contribution in [0.1, 0.15) is 34.5 Å². The predicted molar refractivity (Wildman–Crippen MR) is 154 cm³/mol. The third-order valence-corrected chi connectivity index (χ3v) is 6.89. The molecule has 1 saturated heterocycles. The Labute approximate surface area is 224 Å². The van der Waals surface area contributed by atoms with Gasteiger partial charge in [0.2, 0.25) is 0 Å². The third kappa shape index (κ3) is 6.18.